The third-order valence-corrected chi connectivity index (χ3v) is 4.62. The van der Waals surface area contributed by atoms with Crippen molar-refractivity contribution in [1.82, 2.24) is 9.78 Å². The Bertz CT molecular complexity index is 926. The smallest absolute Gasteiger partial charge is 0.123 e. The maximum Gasteiger partial charge on any atom is 0.123 e. The molecule has 1 N–H and O–H groups in total. The first kappa shape index (κ1) is 15.8. The average molecular weight is 334 g/mol. The summed E-state index contributed by atoms with van der Waals surface area (Å²) >= 11 is 0. The number of aliphatic hydroxyl groups is 1. The number of hydrogen-bond acceptors (Lipinski definition) is 2. The van der Waals surface area contributed by atoms with Crippen LogP contribution in [0.3, 0.4) is 0 Å². The quantitative estimate of drug-likeness (QED) is 0.780. The van der Waals surface area contributed by atoms with E-state index in [1.165, 1.54) is 23.3 Å². The van der Waals surface area contributed by atoms with Crippen LogP contribution in [-0.4, -0.2) is 21.5 Å². The second kappa shape index (κ2) is 6.65. The number of aliphatic hydroxyl groups excluding tert-OH is 1. The highest BCUT2D eigenvalue weighted by molar-refractivity contribution is 5.73. The molecule has 4 rings (SSSR count). The average Bonchev–Trinajstić information content (AvgIpc) is 2.89. The zero-order chi connectivity index (χ0) is 17.2. The van der Waals surface area contributed by atoms with Gasteiger partial charge in [0.2, 0.25) is 0 Å². The van der Waals surface area contributed by atoms with Gasteiger partial charge >= 0.3 is 0 Å². The van der Waals surface area contributed by atoms with Gasteiger partial charge in [-0.3, -0.25) is 0 Å². The van der Waals surface area contributed by atoms with Crippen LogP contribution in [0.2, 0.25) is 0 Å². The minimum absolute atomic E-state index is 0.0278. The number of rotatable bonds is 3. The fourth-order valence-corrected chi connectivity index (χ4v) is 3.47. The monoisotopic (exact) mass is 334 g/mol. The second-order valence-corrected chi connectivity index (χ2v) is 6.20. The van der Waals surface area contributed by atoms with E-state index in [2.05, 4.69) is 18.2 Å². The summed E-state index contributed by atoms with van der Waals surface area (Å²) in [5.41, 5.74) is 6.39. The van der Waals surface area contributed by atoms with Gasteiger partial charge in [0.15, 0.2) is 0 Å². The van der Waals surface area contributed by atoms with Crippen LogP contribution in [0.4, 0.5) is 4.39 Å². The molecule has 0 amide bonds. The van der Waals surface area contributed by atoms with Gasteiger partial charge in [0.05, 0.1) is 23.7 Å². The van der Waals surface area contributed by atoms with Gasteiger partial charge in [-0.25, -0.2) is 9.07 Å². The first-order valence-electron chi connectivity index (χ1n) is 8.51. The summed E-state index contributed by atoms with van der Waals surface area (Å²) in [6.07, 6.45) is 6.64. The molecule has 0 aliphatic heterocycles. The molecule has 0 fully saturated rings. The van der Waals surface area contributed by atoms with E-state index in [0.29, 0.717) is 0 Å². The van der Waals surface area contributed by atoms with Crippen LogP contribution in [0.1, 0.15) is 23.2 Å². The molecular weight excluding hydrogens is 315 g/mol. The lowest BCUT2D eigenvalue weighted by atomic mass is 10.0. The third-order valence-electron chi connectivity index (χ3n) is 4.62. The van der Waals surface area contributed by atoms with Crippen molar-refractivity contribution in [2.24, 2.45) is 0 Å². The van der Waals surface area contributed by atoms with E-state index < -0.39 is 0 Å². The molecule has 4 heteroatoms. The van der Waals surface area contributed by atoms with Crippen molar-refractivity contribution in [3.05, 3.63) is 77.2 Å². The van der Waals surface area contributed by atoms with Crippen molar-refractivity contribution in [3.63, 3.8) is 0 Å². The van der Waals surface area contributed by atoms with E-state index in [4.69, 9.17) is 5.10 Å². The molecule has 0 spiro atoms. The normalized spacial score (nSPS) is 13.5. The molecule has 3 nitrogen and oxygen atoms in total. The van der Waals surface area contributed by atoms with E-state index >= 15 is 0 Å². The molecule has 0 saturated heterocycles. The predicted octanol–water partition coefficient (Wildman–Crippen LogP) is 4.17. The molecule has 0 atom stereocenters. The summed E-state index contributed by atoms with van der Waals surface area (Å²) in [6.45, 7) is -0.0278. The van der Waals surface area contributed by atoms with E-state index in [1.807, 2.05) is 16.8 Å². The molecule has 1 aliphatic rings. The van der Waals surface area contributed by atoms with Crippen LogP contribution in [-0.2, 0) is 12.8 Å². The number of aromatic nitrogens is 2. The van der Waals surface area contributed by atoms with Crippen LogP contribution in [0.25, 0.3) is 23.0 Å². The van der Waals surface area contributed by atoms with E-state index in [-0.39, 0.29) is 12.4 Å². The van der Waals surface area contributed by atoms with Gasteiger partial charge in [0, 0.05) is 11.1 Å². The summed E-state index contributed by atoms with van der Waals surface area (Å²) < 4.78 is 15.2. The van der Waals surface area contributed by atoms with Crippen LogP contribution in [0.15, 0.2) is 54.6 Å². The fourth-order valence-electron chi connectivity index (χ4n) is 3.47. The Morgan fingerprint density at radius 3 is 2.68 bits per heavy atom. The molecule has 25 heavy (non-hydrogen) atoms. The molecule has 126 valence electrons. The van der Waals surface area contributed by atoms with Crippen LogP contribution < -0.4 is 0 Å². The third kappa shape index (κ3) is 2.89. The standard InChI is InChI=1S/C21H19FN2O/c22-16-10-12-17(13-11-16)24-20(9-4-14-25)19-8-3-6-15-5-1-2-7-18(15)21(19)23-24/h1-2,4-5,7,9-13,25H,3,6,8,14H2. The van der Waals surface area contributed by atoms with Crippen molar-refractivity contribution in [2.75, 3.05) is 6.61 Å². The van der Waals surface area contributed by atoms with Crippen molar-refractivity contribution in [3.8, 4) is 16.9 Å². The number of aryl methyl sites for hydroxylation is 1. The lowest BCUT2D eigenvalue weighted by Gasteiger charge is -2.07. The zero-order valence-electron chi connectivity index (χ0n) is 13.8. The van der Waals surface area contributed by atoms with Gasteiger partial charge in [0.1, 0.15) is 5.82 Å². The highest BCUT2D eigenvalue weighted by Crippen LogP contribution is 2.35. The van der Waals surface area contributed by atoms with Crippen molar-refractivity contribution in [1.29, 1.82) is 0 Å². The molecule has 1 aromatic heterocycles. The maximum absolute atomic E-state index is 13.3. The van der Waals surface area contributed by atoms with Crippen LogP contribution >= 0.6 is 0 Å². The van der Waals surface area contributed by atoms with Gasteiger partial charge in [-0.05, 0) is 55.2 Å². The summed E-state index contributed by atoms with van der Waals surface area (Å²) in [6, 6.07) is 14.7. The number of halogens is 1. The summed E-state index contributed by atoms with van der Waals surface area (Å²) in [7, 11) is 0. The van der Waals surface area contributed by atoms with Crippen molar-refractivity contribution in [2.45, 2.75) is 19.3 Å². The Labute approximate surface area is 146 Å². The van der Waals surface area contributed by atoms with Gasteiger partial charge in [-0.1, -0.05) is 30.3 Å². The number of nitrogens with zero attached hydrogens (tertiary/aromatic N) is 2. The molecule has 2 aromatic carbocycles. The first-order valence-corrected chi connectivity index (χ1v) is 8.51. The molecule has 0 unspecified atom stereocenters. The SMILES string of the molecule is OCC=Cc1c2c(nn1-c1ccc(F)cc1)-c1ccccc1CCC2. The Morgan fingerprint density at radius 1 is 1.08 bits per heavy atom. The highest BCUT2D eigenvalue weighted by Gasteiger charge is 2.22. The summed E-state index contributed by atoms with van der Waals surface area (Å²) in [4.78, 5) is 0. The van der Waals surface area contributed by atoms with Gasteiger partial charge in [0.25, 0.3) is 0 Å². The van der Waals surface area contributed by atoms with Crippen LogP contribution in [0, 0.1) is 5.82 Å². The highest BCUT2D eigenvalue weighted by atomic mass is 19.1. The zero-order valence-corrected chi connectivity index (χ0v) is 13.8. The Kier molecular flexibility index (Phi) is 4.20. The topological polar surface area (TPSA) is 38.1 Å². The molecule has 0 radical (unpaired) electrons. The Hall–Kier alpha value is -2.72. The minimum Gasteiger partial charge on any atom is -0.392 e. The lowest BCUT2D eigenvalue weighted by molar-refractivity contribution is 0.343. The fraction of sp³-hybridized carbons (Fsp3) is 0.190. The molecule has 0 bridgehead atoms. The minimum atomic E-state index is -0.268. The Morgan fingerprint density at radius 2 is 1.88 bits per heavy atom. The number of hydrogen-bond donors (Lipinski definition) is 1. The van der Waals surface area contributed by atoms with E-state index in [9.17, 15) is 9.50 Å². The molecule has 3 aromatic rings. The largest absolute Gasteiger partial charge is 0.392 e. The van der Waals surface area contributed by atoms with E-state index in [1.54, 1.807) is 18.2 Å². The van der Waals surface area contributed by atoms with Gasteiger partial charge in [-0.2, -0.15) is 5.10 Å². The molecule has 0 saturated carbocycles. The van der Waals surface area contributed by atoms with Crippen molar-refractivity contribution >= 4 is 6.08 Å². The Balaban J connectivity index is 1.95. The van der Waals surface area contributed by atoms with Gasteiger partial charge < -0.3 is 5.11 Å². The first-order chi connectivity index (χ1) is 12.3. The van der Waals surface area contributed by atoms with Crippen molar-refractivity contribution < 1.29 is 9.50 Å². The summed E-state index contributed by atoms with van der Waals surface area (Å²) in [5, 5.41) is 14.1. The molecule has 1 aliphatic carbocycles. The van der Waals surface area contributed by atoms with Crippen LogP contribution in [0.5, 0.6) is 0 Å². The van der Waals surface area contributed by atoms with E-state index in [0.717, 1.165) is 41.9 Å². The van der Waals surface area contributed by atoms with Gasteiger partial charge in [-0.15, -0.1) is 0 Å². The molecule has 1 heterocycles. The lowest BCUT2D eigenvalue weighted by Crippen LogP contribution is -2.01. The maximum atomic E-state index is 13.3. The summed E-state index contributed by atoms with van der Waals surface area (Å²) in [5.74, 6) is -0.268. The number of benzene rings is 2. The second-order valence-electron chi connectivity index (χ2n) is 6.20. The predicted molar refractivity (Wildman–Crippen MR) is 97.1 cm³/mol. The number of fused-ring (bicyclic) bond motifs is 3. The molecular formula is C21H19FN2O.